The maximum absolute atomic E-state index is 12.7. The van der Waals surface area contributed by atoms with Crippen molar-refractivity contribution in [3.8, 4) is 11.3 Å². The molecule has 1 aliphatic rings. The molecule has 0 saturated heterocycles. The molecule has 3 rings (SSSR count). The highest BCUT2D eigenvalue weighted by Crippen LogP contribution is 2.51. The first kappa shape index (κ1) is 20.8. The molecule has 1 heterocycles. The molecule has 0 bridgehead atoms. The number of carboxylic acids is 1. The van der Waals surface area contributed by atoms with Crippen LogP contribution in [-0.4, -0.2) is 41.0 Å². The zero-order valence-corrected chi connectivity index (χ0v) is 16.9. The molecule has 1 amide bonds. The molecule has 7 nitrogen and oxygen atoms in total. The summed E-state index contributed by atoms with van der Waals surface area (Å²) in [5.74, 6) is -1.26. The van der Waals surface area contributed by atoms with Crippen molar-refractivity contribution < 1.29 is 28.6 Å². The molecule has 2 atom stereocenters. The molecule has 1 fully saturated rings. The molecule has 1 aliphatic carbocycles. The van der Waals surface area contributed by atoms with Crippen molar-refractivity contribution in [1.29, 1.82) is 0 Å². The van der Waals surface area contributed by atoms with E-state index in [0.717, 1.165) is 0 Å². The summed E-state index contributed by atoms with van der Waals surface area (Å²) in [5, 5.41) is 12.5. The van der Waals surface area contributed by atoms with Crippen LogP contribution in [0, 0.1) is 5.41 Å². The number of benzene rings is 1. The molecule has 0 spiro atoms. The van der Waals surface area contributed by atoms with Crippen molar-refractivity contribution in [3.63, 3.8) is 0 Å². The Balaban J connectivity index is 1.79. The van der Waals surface area contributed by atoms with E-state index in [1.54, 1.807) is 44.2 Å². The van der Waals surface area contributed by atoms with Gasteiger partial charge < -0.3 is 19.6 Å². The van der Waals surface area contributed by atoms with E-state index in [0.29, 0.717) is 23.5 Å². The van der Waals surface area contributed by atoms with Crippen LogP contribution in [0.15, 0.2) is 40.8 Å². The number of ketones is 1. The van der Waals surface area contributed by atoms with Crippen LogP contribution in [0.4, 0.5) is 0 Å². The minimum absolute atomic E-state index is 0.0203. The molecule has 29 heavy (non-hydrogen) atoms. The average molecular weight is 399 g/mol. The second kappa shape index (κ2) is 7.48. The Morgan fingerprint density at radius 3 is 2.34 bits per heavy atom. The molecule has 1 aromatic carbocycles. The van der Waals surface area contributed by atoms with E-state index in [-0.39, 0.29) is 24.1 Å². The third-order valence-corrected chi connectivity index (χ3v) is 5.86. The predicted molar refractivity (Wildman–Crippen MR) is 106 cm³/mol. The van der Waals surface area contributed by atoms with E-state index in [9.17, 15) is 19.5 Å². The number of aliphatic carboxylic acids is 1. The first-order valence-corrected chi connectivity index (χ1v) is 9.51. The van der Waals surface area contributed by atoms with E-state index >= 15 is 0 Å². The van der Waals surface area contributed by atoms with Gasteiger partial charge in [0.05, 0.1) is 6.10 Å². The first-order chi connectivity index (χ1) is 13.6. The van der Waals surface area contributed by atoms with Gasteiger partial charge in [-0.3, -0.25) is 9.59 Å². The molecular formula is C22H25NO6. The number of carbonyl (C=O) groups is 3. The fourth-order valence-electron chi connectivity index (χ4n) is 3.78. The van der Waals surface area contributed by atoms with Gasteiger partial charge in [-0.05, 0) is 26.0 Å². The van der Waals surface area contributed by atoms with E-state index in [1.165, 1.54) is 13.0 Å². The highest BCUT2D eigenvalue weighted by Gasteiger charge is 2.66. The van der Waals surface area contributed by atoms with Crippen molar-refractivity contribution in [2.45, 2.75) is 45.8 Å². The largest absolute Gasteiger partial charge is 0.479 e. The number of ether oxygens (including phenoxy) is 1. The average Bonchev–Trinajstić information content (AvgIpc) is 3.17. The van der Waals surface area contributed by atoms with Gasteiger partial charge in [-0.25, -0.2) is 4.79 Å². The molecule has 1 aromatic heterocycles. The Hall–Kier alpha value is -2.93. The summed E-state index contributed by atoms with van der Waals surface area (Å²) in [6.45, 7) is 7.36. The monoisotopic (exact) mass is 399 g/mol. The molecule has 154 valence electrons. The highest BCUT2D eigenvalue weighted by molar-refractivity contribution is 5.97. The van der Waals surface area contributed by atoms with Gasteiger partial charge in [-0.2, -0.15) is 0 Å². The predicted octanol–water partition coefficient (Wildman–Crippen LogP) is 3.54. The molecule has 2 N–H and O–H groups in total. The number of hydrogen-bond donors (Lipinski definition) is 2. The maximum Gasteiger partial charge on any atom is 0.330 e. The number of amides is 1. The molecule has 2 unspecified atom stereocenters. The molecule has 2 aromatic rings. The van der Waals surface area contributed by atoms with E-state index < -0.39 is 22.8 Å². The lowest BCUT2D eigenvalue weighted by molar-refractivity contribution is -0.190. The minimum Gasteiger partial charge on any atom is -0.479 e. The number of Topliss-reactive ketones (excluding diaryl/α,β-unsaturated/α-hetero) is 1. The lowest BCUT2D eigenvalue weighted by Crippen LogP contribution is -2.76. The summed E-state index contributed by atoms with van der Waals surface area (Å²) in [6.07, 6.45) is -0.0644. The van der Waals surface area contributed by atoms with Crippen LogP contribution in [-0.2, 0) is 9.53 Å². The van der Waals surface area contributed by atoms with Crippen LogP contribution < -0.4 is 5.32 Å². The molecule has 0 aliphatic heterocycles. The van der Waals surface area contributed by atoms with Crippen molar-refractivity contribution >= 4 is 17.7 Å². The summed E-state index contributed by atoms with van der Waals surface area (Å²) < 4.78 is 11.3. The van der Waals surface area contributed by atoms with Crippen LogP contribution in [0.3, 0.4) is 0 Å². The quantitative estimate of drug-likeness (QED) is 0.690. The zero-order chi connectivity index (χ0) is 21.4. The van der Waals surface area contributed by atoms with E-state index in [4.69, 9.17) is 9.15 Å². The summed E-state index contributed by atoms with van der Waals surface area (Å²) in [4.78, 5) is 36.2. The fourth-order valence-corrected chi connectivity index (χ4v) is 3.78. The number of carbonyl (C=O) groups excluding carboxylic acids is 2. The maximum atomic E-state index is 12.7. The number of furan rings is 1. The van der Waals surface area contributed by atoms with Crippen molar-refractivity contribution in [2.75, 3.05) is 6.61 Å². The summed E-state index contributed by atoms with van der Waals surface area (Å²) >= 11 is 0. The lowest BCUT2D eigenvalue weighted by Gasteiger charge is -2.58. The summed E-state index contributed by atoms with van der Waals surface area (Å²) in [6, 6.07) is 9.98. The van der Waals surface area contributed by atoms with Gasteiger partial charge in [-0.15, -0.1) is 0 Å². The fraction of sp³-hybridized carbons (Fsp3) is 0.409. The van der Waals surface area contributed by atoms with Crippen molar-refractivity contribution in [1.82, 2.24) is 5.32 Å². The zero-order valence-electron chi connectivity index (χ0n) is 16.9. The number of hydrogen-bond acceptors (Lipinski definition) is 5. The topological polar surface area (TPSA) is 106 Å². The van der Waals surface area contributed by atoms with Crippen LogP contribution in [0.2, 0.25) is 0 Å². The summed E-state index contributed by atoms with van der Waals surface area (Å²) in [7, 11) is 0. The van der Waals surface area contributed by atoms with Gasteiger partial charge in [-0.1, -0.05) is 38.1 Å². The number of nitrogens with one attached hydrogen (secondary N) is 1. The Labute approximate surface area is 169 Å². The Bertz CT molecular complexity index is 942. The van der Waals surface area contributed by atoms with Gasteiger partial charge in [0.2, 0.25) is 0 Å². The van der Waals surface area contributed by atoms with Crippen LogP contribution >= 0.6 is 0 Å². The van der Waals surface area contributed by atoms with Crippen molar-refractivity contribution in [2.24, 2.45) is 5.41 Å². The second-order valence-electron chi connectivity index (χ2n) is 7.83. The SMILES string of the molecule is CCOC1CC(NC(=O)c2ccc(-c3ccc(C(C)=O)cc3)o2)(C(=O)O)C1(C)C. The second-order valence-corrected chi connectivity index (χ2v) is 7.83. The molecule has 7 heteroatoms. The standard InChI is InChI=1S/C22H25NO6/c1-5-28-18-12-22(20(26)27,21(18,3)4)23-19(25)17-11-10-16(29-17)15-8-6-14(7-9-15)13(2)24/h6-11,18H,5,12H2,1-4H3,(H,23,25)(H,26,27). The Kier molecular flexibility index (Phi) is 5.36. The van der Waals surface area contributed by atoms with E-state index in [1.807, 2.05) is 6.92 Å². The molecule has 0 radical (unpaired) electrons. The number of carboxylic acid groups (broad SMARTS) is 1. The third kappa shape index (κ3) is 3.46. The highest BCUT2D eigenvalue weighted by atomic mass is 16.5. The van der Waals surface area contributed by atoms with Gasteiger partial charge in [0.25, 0.3) is 5.91 Å². The van der Waals surface area contributed by atoms with E-state index in [2.05, 4.69) is 5.32 Å². The van der Waals surface area contributed by atoms with Crippen molar-refractivity contribution in [3.05, 3.63) is 47.7 Å². The van der Waals surface area contributed by atoms with Crippen LogP contribution in [0.1, 0.15) is 55.0 Å². The van der Waals surface area contributed by atoms with Gasteiger partial charge in [0.15, 0.2) is 11.5 Å². The lowest BCUT2D eigenvalue weighted by atomic mass is 9.54. The smallest absolute Gasteiger partial charge is 0.330 e. The molecule has 1 saturated carbocycles. The normalized spacial score (nSPS) is 22.6. The minimum atomic E-state index is -1.43. The summed E-state index contributed by atoms with van der Waals surface area (Å²) in [5.41, 5.74) is -0.914. The van der Waals surface area contributed by atoms with Gasteiger partial charge >= 0.3 is 5.97 Å². The molecular weight excluding hydrogens is 374 g/mol. The third-order valence-electron chi connectivity index (χ3n) is 5.86. The first-order valence-electron chi connectivity index (χ1n) is 9.51. The Morgan fingerprint density at radius 1 is 1.17 bits per heavy atom. The van der Waals surface area contributed by atoms with Gasteiger partial charge in [0.1, 0.15) is 11.3 Å². The van der Waals surface area contributed by atoms with Crippen LogP contribution in [0.5, 0.6) is 0 Å². The number of rotatable bonds is 7. The van der Waals surface area contributed by atoms with Gasteiger partial charge in [0, 0.05) is 29.6 Å². The Morgan fingerprint density at radius 2 is 1.83 bits per heavy atom. The van der Waals surface area contributed by atoms with Crippen LogP contribution in [0.25, 0.3) is 11.3 Å².